The van der Waals surface area contributed by atoms with Gasteiger partial charge in [0.2, 0.25) is 0 Å². The third-order valence-corrected chi connectivity index (χ3v) is 4.30. The Morgan fingerprint density at radius 1 is 0.962 bits per heavy atom. The number of carbonyl (C=O) groups is 1. The van der Waals surface area contributed by atoms with E-state index in [2.05, 4.69) is 27.5 Å². The van der Waals surface area contributed by atoms with Crippen molar-refractivity contribution in [1.82, 2.24) is 20.1 Å². The third-order valence-electron chi connectivity index (χ3n) is 4.30. The normalized spacial score (nSPS) is 10.8. The summed E-state index contributed by atoms with van der Waals surface area (Å²) in [5.41, 5.74) is 3.67. The van der Waals surface area contributed by atoms with Crippen molar-refractivity contribution < 1.29 is 4.79 Å². The summed E-state index contributed by atoms with van der Waals surface area (Å²) in [7, 11) is 0. The molecule has 5 heteroatoms. The van der Waals surface area contributed by atoms with Crippen molar-refractivity contribution in [3.63, 3.8) is 0 Å². The lowest BCUT2D eigenvalue weighted by Crippen LogP contribution is -2.26. The average molecular weight is 342 g/mol. The maximum atomic E-state index is 12.5. The molecule has 4 aromatic rings. The fourth-order valence-electron chi connectivity index (χ4n) is 2.95. The summed E-state index contributed by atoms with van der Waals surface area (Å²) in [5, 5.41) is 8.08. The van der Waals surface area contributed by atoms with Crippen molar-refractivity contribution in [3.8, 4) is 5.69 Å². The highest BCUT2D eigenvalue weighted by Gasteiger charge is 2.09. The number of amides is 1. The number of benzene rings is 2. The van der Waals surface area contributed by atoms with Gasteiger partial charge in [-0.25, -0.2) is 4.68 Å². The van der Waals surface area contributed by atoms with E-state index in [0.29, 0.717) is 12.1 Å². The predicted molar refractivity (Wildman–Crippen MR) is 101 cm³/mol. The molecular formula is C21H18N4O. The zero-order chi connectivity index (χ0) is 17.8. The van der Waals surface area contributed by atoms with Crippen LogP contribution in [0.4, 0.5) is 0 Å². The first-order chi connectivity index (χ1) is 12.8. The molecule has 0 bridgehead atoms. The van der Waals surface area contributed by atoms with E-state index in [9.17, 15) is 4.79 Å². The molecule has 1 amide bonds. The third kappa shape index (κ3) is 3.32. The highest BCUT2D eigenvalue weighted by atomic mass is 16.1. The van der Waals surface area contributed by atoms with E-state index in [0.717, 1.165) is 23.0 Å². The number of hydrogen-bond donors (Lipinski definition) is 1. The van der Waals surface area contributed by atoms with Crippen LogP contribution in [0, 0.1) is 0 Å². The van der Waals surface area contributed by atoms with E-state index in [-0.39, 0.29) is 5.91 Å². The van der Waals surface area contributed by atoms with Gasteiger partial charge in [-0.2, -0.15) is 5.10 Å². The van der Waals surface area contributed by atoms with Gasteiger partial charge < -0.3 is 5.32 Å². The molecule has 26 heavy (non-hydrogen) atoms. The van der Waals surface area contributed by atoms with Gasteiger partial charge in [0.25, 0.3) is 5.91 Å². The molecule has 0 radical (unpaired) electrons. The molecule has 0 aliphatic carbocycles. The molecule has 5 nitrogen and oxygen atoms in total. The van der Waals surface area contributed by atoms with Gasteiger partial charge in [0.05, 0.1) is 16.8 Å². The molecule has 0 unspecified atom stereocenters. The van der Waals surface area contributed by atoms with Gasteiger partial charge in [0.15, 0.2) is 0 Å². The van der Waals surface area contributed by atoms with E-state index < -0.39 is 0 Å². The summed E-state index contributed by atoms with van der Waals surface area (Å²) in [6.45, 7) is 0.580. The largest absolute Gasteiger partial charge is 0.352 e. The van der Waals surface area contributed by atoms with Crippen molar-refractivity contribution in [2.45, 2.75) is 6.42 Å². The Labute approximate surface area is 151 Å². The summed E-state index contributed by atoms with van der Waals surface area (Å²) < 4.78 is 1.82. The van der Waals surface area contributed by atoms with Gasteiger partial charge >= 0.3 is 0 Å². The monoisotopic (exact) mass is 342 g/mol. The molecule has 128 valence electrons. The van der Waals surface area contributed by atoms with Crippen LogP contribution in [0.5, 0.6) is 0 Å². The molecule has 1 N–H and O–H groups in total. The summed E-state index contributed by atoms with van der Waals surface area (Å²) in [4.78, 5) is 16.8. The highest BCUT2D eigenvalue weighted by Crippen LogP contribution is 2.16. The van der Waals surface area contributed by atoms with Crippen LogP contribution >= 0.6 is 0 Å². The van der Waals surface area contributed by atoms with E-state index in [1.165, 1.54) is 5.56 Å². The Kier molecular flexibility index (Phi) is 4.43. The van der Waals surface area contributed by atoms with E-state index >= 15 is 0 Å². The second-order valence-electron chi connectivity index (χ2n) is 6.00. The number of fused-ring (bicyclic) bond motifs is 1. The first kappa shape index (κ1) is 16.0. The molecule has 2 heterocycles. The zero-order valence-electron chi connectivity index (χ0n) is 14.2. The lowest BCUT2D eigenvalue weighted by Gasteiger charge is -2.08. The number of rotatable bonds is 5. The van der Waals surface area contributed by atoms with Crippen LogP contribution in [0.3, 0.4) is 0 Å². The Morgan fingerprint density at radius 3 is 2.62 bits per heavy atom. The summed E-state index contributed by atoms with van der Waals surface area (Å²) >= 11 is 0. The molecule has 2 aromatic heterocycles. The second-order valence-corrected chi connectivity index (χ2v) is 6.00. The van der Waals surface area contributed by atoms with Crippen LogP contribution in [-0.4, -0.2) is 27.2 Å². The van der Waals surface area contributed by atoms with Gasteiger partial charge in [0, 0.05) is 30.5 Å². The number of carbonyl (C=O) groups excluding carboxylic acids is 1. The predicted octanol–water partition coefficient (Wildman–Crippen LogP) is 3.39. The lowest BCUT2D eigenvalue weighted by molar-refractivity contribution is 0.0955. The number of nitrogens with zero attached hydrogens (tertiary/aromatic N) is 3. The van der Waals surface area contributed by atoms with Crippen LogP contribution in [0.1, 0.15) is 15.9 Å². The van der Waals surface area contributed by atoms with Crippen LogP contribution < -0.4 is 5.32 Å². The lowest BCUT2D eigenvalue weighted by atomic mass is 10.1. The minimum atomic E-state index is -0.0724. The number of para-hydroxylation sites is 1. The fraction of sp³-hybridized carbons (Fsp3) is 0.0952. The zero-order valence-corrected chi connectivity index (χ0v) is 14.2. The quantitative estimate of drug-likeness (QED) is 0.605. The summed E-state index contributed by atoms with van der Waals surface area (Å²) in [5.74, 6) is -0.0724. The van der Waals surface area contributed by atoms with Crippen molar-refractivity contribution in [1.29, 1.82) is 0 Å². The molecule has 0 atom stereocenters. The first-order valence-electron chi connectivity index (χ1n) is 8.52. The number of nitrogens with one attached hydrogen (secondary N) is 1. The van der Waals surface area contributed by atoms with E-state index in [1.54, 1.807) is 18.5 Å². The maximum absolute atomic E-state index is 12.5. The Morgan fingerprint density at radius 2 is 1.81 bits per heavy atom. The van der Waals surface area contributed by atoms with Crippen LogP contribution in [0.2, 0.25) is 0 Å². The minimum Gasteiger partial charge on any atom is -0.352 e. The molecule has 0 spiro atoms. The Hall–Kier alpha value is -3.47. The summed E-state index contributed by atoms with van der Waals surface area (Å²) in [6, 6.07) is 19.5. The van der Waals surface area contributed by atoms with Crippen molar-refractivity contribution in [2.24, 2.45) is 0 Å². The minimum absolute atomic E-state index is 0.0724. The topological polar surface area (TPSA) is 59.8 Å². The van der Waals surface area contributed by atoms with Crippen LogP contribution in [0.25, 0.3) is 16.6 Å². The van der Waals surface area contributed by atoms with Gasteiger partial charge in [-0.1, -0.05) is 30.3 Å². The number of hydrogen-bond acceptors (Lipinski definition) is 3. The smallest absolute Gasteiger partial charge is 0.252 e. The molecule has 2 aromatic carbocycles. The fourth-order valence-corrected chi connectivity index (χ4v) is 2.95. The second kappa shape index (κ2) is 7.19. The van der Waals surface area contributed by atoms with Gasteiger partial charge in [0.1, 0.15) is 0 Å². The molecule has 0 saturated heterocycles. The molecule has 4 rings (SSSR count). The van der Waals surface area contributed by atoms with Crippen molar-refractivity contribution >= 4 is 16.8 Å². The van der Waals surface area contributed by atoms with Crippen molar-refractivity contribution in [3.05, 3.63) is 90.4 Å². The molecule has 0 fully saturated rings. The Bertz CT molecular complexity index is 1020. The molecular weight excluding hydrogens is 324 g/mol. The van der Waals surface area contributed by atoms with Gasteiger partial charge in [-0.05, 0) is 42.3 Å². The standard InChI is InChI=1S/C21H18N4O/c26-21(19-11-14-22-20-5-2-1-4-18(19)20)23-13-10-16-6-8-17(9-7-16)25-15-3-12-24-25/h1-9,11-12,14-15H,10,13H2,(H,23,26). The first-order valence-corrected chi connectivity index (χ1v) is 8.52. The van der Waals surface area contributed by atoms with Gasteiger partial charge in [-0.3, -0.25) is 9.78 Å². The highest BCUT2D eigenvalue weighted by molar-refractivity contribution is 6.05. The number of pyridine rings is 1. The Balaban J connectivity index is 1.39. The number of aromatic nitrogens is 3. The molecule has 0 saturated carbocycles. The van der Waals surface area contributed by atoms with Gasteiger partial charge in [-0.15, -0.1) is 0 Å². The SMILES string of the molecule is O=C(NCCc1ccc(-n2cccn2)cc1)c1ccnc2ccccc12. The van der Waals surface area contributed by atoms with Crippen LogP contribution in [-0.2, 0) is 6.42 Å². The average Bonchev–Trinajstić information content (AvgIpc) is 3.23. The van der Waals surface area contributed by atoms with E-state index in [4.69, 9.17) is 0 Å². The maximum Gasteiger partial charge on any atom is 0.252 e. The molecule has 0 aliphatic rings. The summed E-state index contributed by atoms with van der Waals surface area (Å²) in [6.07, 6.45) is 6.11. The van der Waals surface area contributed by atoms with Crippen molar-refractivity contribution in [2.75, 3.05) is 6.54 Å². The van der Waals surface area contributed by atoms with E-state index in [1.807, 2.05) is 53.3 Å². The molecule has 0 aliphatic heterocycles. The van der Waals surface area contributed by atoms with Crippen LogP contribution in [0.15, 0.2) is 79.3 Å².